The maximum absolute atomic E-state index is 12.4. The molecule has 1 saturated heterocycles. The van der Waals surface area contributed by atoms with E-state index in [0.29, 0.717) is 5.92 Å². The predicted octanol–water partition coefficient (Wildman–Crippen LogP) is 2.63. The number of hydrogen-bond acceptors (Lipinski definition) is 3. The maximum atomic E-state index is 12.4. The molecule has 0 aliphatic carbocycles. The second-order valence-electron chi connectivity index (χ2n) is 5.20. The van der Waals surface area contributed by atoms with E-state index in [0.717, 1.165) is 30.5 Å². The van der Waals surface area contributed by atoms with Crippen LogP contribution >= 0.6 is 11.3 Å². The summed E-state index contributed by atoms with van der Waals surface area (Å²) in [5.41, 5.74) is 0.811. The monoisotopic (exact) mass is 274 g/mol. The lowest BCUT2D eigenvalue weighted by atomic mass is 9.95. The number of piperidine rings is 1. The van der Waals surface area contributed by atoms with E-state index < -0.39 is 0 Å². The standard InChI is InChI=1S/C15H18N2OS/c1-10-8-16-7-6-13(10)17-15(18)12-9-19-14-5-3-2-4-11(12)14/h2-5,9-10,13,16H,6-8H2,1H3,(H,17,18). The van der Waals surface area contributed by atoms with E-state index in [4.69, 9.17) is 0 Å². The van der Waals surface area contributed by atoms with E-state index >= 15 is 0 Å². The average Bonchev–Trinajstić information content (AvgIpc) is 2.85. The number of carbonyl (C=O) groups excluding carboxylic acids is 1. The van der Waals surface area contributed by atoms with Crippen molar-refractivity contribution in [1.82, 2.24) is 10.6 Å². The third-order valence-corrected chi connectivity index (χ3v) is 4.79. The van der Waals surface area contributed by atoms with Gasteiger partial charge in [0, 0.05) is 21.5 Å². The molecule has 1 fully saturated rings. The second kappa shape index (κ2) is 5.31. The Bertz CT molecular complexity index is 593. The Morgan fingerprint density at radius 3 is 3.11 bits per heavy atom. The van der Waals surface area contributed by atoms with E-state index in [1.54, 1.807) is 11.3 Å². The van der Waals surface area contributed by atoms with Gasteiger partial charge in [-0.15, -0.1) is 11.3 Å². The summed E-state index contributed by atoms with van der Waals surface area (Å²) in [7, 11) is 0. The van der Waals surface area contributed by atoms with Crippen LogP contribution in [0.25, 0.3) is 10.1 Å². The highest BCUT2D eigenvalue weighted by Gasteiger charge is 2.23. The van der Waals surface area contributed by atoms with Crippen molar-refractivity contribution in [3.05, 3.63) is 35.2 Å². The molecule has 1 aliphatic heterocycles. The van der Waals surface area contributed by atoms with Crippen LogP contribution in [0.3, 0.4) is 0 Å². The van der Waals surface area contributed by atoms with Crippen LogP contribution in [0.4, 0.5) is 0 Å². The molecule has 3 nitrogen and oxygen atoms in total. The molecule has 1 aromatic heterocycles. The van der Waals surface area contributed by atoms with Gasteiger partial charge in [-0.25, -0.2) is 0 Å². The largest absolute Gasteiger partial charge is 0.349 e. The number of amides is 1. The summed E-state index contributed by atoms with van der Waals surface area (Å²) in [5, 5.41) is 9.57. The smallest absolute Gasteiger partial charge is 0.252 e. The molecule has 0 radical (unpaired) electrons. The minimum atomic E-state index is 0.0659. The van der Waals surface area contributed by atoms with Gasteiger partial charge in [0.05, 0.1) is 5.56 Å². The first-order valence-corrected chi connectivity index (χ1v) is 7.61. The molecule has 4 heteroatoms. The normalized spacial score (nSPS) is 23.4. The van der Waals surface area contributed by atoms with Crippen LogP contribution in [0.2, 0.25) is 0 Å². The summed E-state index contributed by atoms with van der Waals surface area (Å²) in [6.07, 6.45) is 1.01. The maximum Gasteiger partial charge on any atom is 0.252 e. The molecule has 0 bridgehead atoms. The van der Waals surface area contributed by atoms with Crippen molar-refractivity contribution >= 4 is 27.3 Å². The summed E-state index contributed by atoms with van der Waals surface area (Å²) in [6, 6.07) is 8.36. The van der Waals surface area contributed by atoms with Crippen LogP contribution in [-0.4, -0.2) is 25.0 Å². The molecule has 1 aromatic carbocycles. The first-order valence-electron chi connectivity index (χ1n) is 6.73. The van der Waals surface area contributed by atoms with Crippen LogP contribution in [0, 0.1) is 5.92 Å². The minimum absolute atomic E-state index is 0.0659. The lowest BCUT2D eigenvalue weighted by Gasteiger charge is -2.30. The highest BCUT2D eigenvalue weighted by Crippen LogP contribution is 2.25. The number of rotatable bonds is 2. The van der Waals surface area contributed by atoms with Gasteiger partial charge in [-0.05, 0) is 31.5 Å². The first-order chi connectivity index (χ1) is 9.25. The number of nitrogens with one attached hydrogen (secondary N) is 2. The molecule has 1 aliphatic rings. The van der Waals surface area contributed by atoms with E-state index in [-0.39, 0.29) is 11.9 Å². The van der Waals surface area contributed by atoms with Crippen molar-refractivity contribution in [1.29, 1.82) is 0 Å². The number of benzene rings is 1. The number of hydrogen-bond donors (Lipinski definition) is 2. The quantitative estimate of drug-likeness (QED) is 0.884. The number of fused-ring (bicyclic) bond motifs is 1. The Labute approximate surface area is 117 Å². The van der Waals surface area contributed by atoms with Crippen LogP contribution in [0.5, 0.6) is 0 Å². The van der Waals surface area contributed by atoms with Gasteiger partial charge in [-0.3, -0.25) is 4.79 Å². The molecule has 2 aromatic rings. The zero-order chi connectivity index (χ0) is 13.2. The molecule has 0 saturated carbocycles. The highest BCUT2D eigenvalue weighted by atomic mass is 32.1. The molecule has 3 rings (SSSR count). The van der Waals surface area contributed by atoms with E-state index in [1.807, 2.05) is 23.6 Å². The lowest BCUT2D eigenvalue weighted by Crippen LogP contribution is -2.48. The molecule has 100 valence electrons. The topological polar surface area (TPSA) is 41.1 Å². The van der Waals surface area contributed by atoms with Crippen LogP contribution in [0.1, 0.15) is 23.7 Å². The summed E-state index contributed by atoms with van der Waals surface area (Å²) < 4.78 is 1.17. The van der Waals surface area contributed by atoms with Gasteiger partial charge in [-0.2, -0.15) is 0 Å². The van der Waals surface area contributed by atoms with Gasteiger partial charge >= 0.3 is 0 Å². The molecule has 19 heavy (non-hydrogen) atoms. The Balaban J connectivity index is 1.80. The van der Waals surface area contributed by atoms with Gasteiger partial charge < -0.3 is 10.6 Å². The van der Waals surface area contributed by atoms with Gasteiger partial charge in [0.2, 0.25) is 0 Å². The summed E-state index contributed by atoms with van der Waals surface area (Å²) in [5.74, 6) is 0.554. The molecule has 2 atom stereocenters. The summed E-state index contributed by atoms with van der Waals surface area (Å²) in [4.78, 5) is 12.4. The lowest BCUT2D eigenvalue weighted by molar-refractivity contribution is 0.0916. The van der Waals surface area contributed by atoms with Gasteiger partial charge in [-0.1, -0.05) is 25.1 Å². The minimum Gasteiger partial charge on any atom is -0.349 e. The zero-order valence-electron chi connectivity index (χ0n) is 11.0. The van der Waals surface area contributed by atoms with Gasteiger partial charge in [0.1, 0.15) is 0 Å². The highest BCUT2D eigenvalue weighted by molar-refractivity contribution is 7.17. The molecule has 2 unspecified atom stereocenters. The molecule has 0 spiro atoms. The first kappa shape index (κ1) is 12.6. The van der Waals surface area contributed by atoms with Crippen molar-refractivity contribution in [3.8, 4) is 0 Å². The summed E-state index contributed by atoms with van der Waals surface area (Å²) >= 11 is 1.63. The fraction of sp³-hybridized carbons (Fsp3) is 0.400. The molecular formula is C15H18N2OS. The average molecular weight is 274 g/mol. The third kappa shape index (κ3) is 2.51. The van der Waals surface area contributed by atoms with Gasteiger partial charge in [0.25, 0.3) is 5.91 Å². The van der Waals surface area contributed by atoms with Crippen molar-refractivity contribution in [2.24, 2.45) is 5.92 Å². The van der Waals surface area contributed by atoms with Crippen molar-refractivity contribution in [3.63, 3.8) is 0 Å². The zero-order valence-corrected chi connectivity index (χ0v) is 11.8. The Hall–Kier alpha value is -1.39. The third-order valence-electron chi connectivity index (χ3n) is 3.83. The Morgan fingerprint density at radius 1 is 1.42 bits per heavy atom. The van der Waals surface area contributed by atoms with Crippen LogP contribution < -0.4 is 10.6 Å². The fourth-order valence-corrected chi connectivity index (χ4v) is 3.57. The molecular weight excluding hydrogens is 256 g/mol. The van der Waals surface area contributed by atoms with Crippen molar-refractivity contribution in [2.45, 2.75) is 19.4 Å². The predicted molar refractivity (Wildman–Crippen MR) is 79.7 cm³/mol. The van der Waals surface area contributed by atoms with Crippen molar-refractivity contribution < 1.29 is 4.79 Å². The number of carbonyl (C=O) groups is 1. The van der Waals surface area contributed by atoms with Crippen LogP contribution in [0.15, 0.2) is 29.6 Å². The second-order valence-corrected chi connectivity index (χ2v) is 6.11. The molecule has 2 N–H and O–H groups in total. The van der Waals surface area contributed by atoms with Crippen LogP contribution in [-0.2, 0) is 0 Å². The van der Waals surface area contributed by atoms with E-state index in [2.05, 4.69) is 23.6 Å². The Morgan fingerprint density at radius 2 is 2.26 bits per heavy atom. The van der Waals surface area contributed by atoms with Gasteiger partial charge in [0.15, 0.2) is 0 Å². The fourth-order valence-electron chi connectivity index (χ4n) is 2.63. The Kier molecular flexibility index (Phi) is 3.53. The van der Waals surface area contributed by atoms with E-state index in [9.17, 15) is 4.79 Å². The van der Waals surface area contributed by atoms with Crippen molar-refractivity contribution in [2.75, 3.05) is 13.1 Å². The SMILES string of the molecule is CC1CNCCC1NC(=O)c1csc2ccccc12. The molecule has 1 amide bonds. The molecule has 2 heterocycles. The van der Waals surface area contributed by atoms with E-state index in [1.165, 1.54) is 4.70 Å². The number of thiophene rings is 1. The summed E-state index contributed by atoms with van der Waals surface area (Å²) in [6.45, 7) is 4.15.